The Morgan fingerprint density at radius 2 is 1.51 bits per heavy atom. The number of amides is 4. The van der Waals surface area contributed by atoms with Crippen LogP contribution in [0.4, 0.5) is 4.79 Å². The summed E-state index contributed by atoms with van der Waals surface area (Å²) in [7, 11) is 3.50. The minimum atomic E-state index is -0.179. The zero-order valence-electron chi connectivity index (χ0n) is 20.1. The van der Waals surface area contributed by atoms with Crippen molar-refractivity contribution in [2.24, 2.45) is 0 Å². The molecular weight excluding hydrogens is 444 g/mol. The van der Waals surface area contributed by atoms with E-state index < -0.39 is 0 Å². The van der Waals surface area contributed by atoms with Gasteiger partial charge in [-0.3, -0.25) is 9.59 Å². The fourth-order valence-electron chi connectivity index (χ4n) is 5.00. The van der Waals surface area contributed by atoms with E-state index in [1.807, 2.05) is 64.0 Å². The maximum atomic E-state index is 13.6. The number of likely N-dealkylation sites (tertiary alicyclic amines) is 1. The first-order valence-corrected chi connectivity index (χ1v) is 12.0. The van der Waals surface area contributed by atoms with Crippen LogP contribution in [-0.2, 0) is 0 Å². The van der Waals surface area contributed by atoms with Gasteiger partial charge in [-0.25, -0.2) is 9.78 Å². The van der Waals surface area contributed by atoms with Crippen molar-refractivity contribution in [1.82, 2.24) is 29.0 Å². The van der Waals surface area contributed by atoms with Crippen molar-refractivity contribution in [3.8, 4) is 0 Å². The highest BCUT2D eigenvalue weighted by Gasteiger charge is 2.36. The van der Waals surface area contributed by atoms with Gasteiger partial charge in [-0.15, -0.1) is 0 Å². The largest absolute Gasteiger partial charge is 0.335 e. The van der Waals surface area contributed by atoms with Crippen molar-refractivity contribution >= 4 is 23.4 Å². The molecule has 2 aliphatic heterocycles. The predicted octanol–water partition coefficient (Wildman–Crippen LogP) is 2.75. The van der Waals surface area contributed by atoms with Gasteiger partial charge in [-0.1, -0.05) is 24.3 Å². The van der Waals surface area contributed by atoms with Crippen molar-refractivity contribution in [2.75, 3.05) is 46.8 Å². The first kappa shape index (κ1) is 22.9. The molecule has 4 amide bonds. The van der Waals surface area contributed by atoms with Crippen LogP contribution in [0.3, 0.4) is 0 Å². The first-order valence-electron chi connectivity index (χ1n) is 12.0. The number of imidazole rings is 1. The summed E-state index contributed by atoms with van der Waals surface area (Å²) in [6, 6.07) is 14.7. The minimum Gasteiger partial charge on any atom is -0.335 e. The molecule has 2 aliphatic rings. The average Bonchev–Trinajstić information content (AvgIpc) is 3.53. The van der Waals surface area contributed by atoms with E-state index in [1.165, 1.54) is 0 Å². The Morgan fingerprint density at radius 3 is 2.20 bits per heavy atom. The van der Waals surface area contributed by atoms with Gasteiger partial charge in [0.25, 0.3) is 11.8 Å². The lowest BCUT2D eigenvalue weighted by molar-refractivity contribution is 0.0533. The monoisotopic (exact) mass is 474 g/mol. The van der Waals surface area contributed by atoms with Gasteiger partial charge in [0, 0.05) is 58.6 Å². The summed E-state index contributed by atoms with van der Waals surface area (Å²) in [6.07, 6.45) is 3.61. The molecule has 5 rings (SSSR count). The number of urea groups is 1. The van der Waals surface area contributed by atoms with Gasteiger partial charge in [-0.05, 0) is 37.1 Å². The molecule has 0 saturated carbocycles. The summed E-state index contributed by atoms with van der Waals surface area (Å²) in [4.78, 5) is 50.9. The fraction of sp³-hybridized carbons (Fsp3) is 0.385. The number of rotatable bonds is 3. The Balaban J connectivity index is 1.37. The molecule has 0 N–H and O–H groups in total. The number of benzene rings is 1. The number of fused-ring (bicyclic) bond motifs is 1. The van der Waals surface area contributed by atoms with Gasteiger partial charge in [0.15, 0.2) is 5.69 Å². The van der Waals surface area contributed by atoms with E-state index in [9.17, 15) is 14.4 Å². The number of nitrogens with zero attached hydrogens (tertiary/aromatic N) is 6. The van der Waals surface area contributed by atoms with Crippen LogP contribution in [0.2, 0.25) is 0 Å². The van der Waals surface area contributed by atoms with Gasteiger partial charge in [0.05, 0.1) is 11.6 Å². The summed E-state index contributed by atoms with van der Waals surface area (Å²) in [5, 5.41) is 0. The third-order valence-electron chi connectivity index (χ3n) is 6.83. The van der Waals surface area contributed by atoms with E-state index in [0.29, 0.717) is 44.0 Å². The molecule has 0 aliphatic carbocycles. The quantitative estimate of drug-likeness (QED) is 0.585. The molecule has 0 bridgehead atoms. The lowest BCUT2D eigenvalue weighted by atomic mass is 10.2. The average molecular weight is 475 g/mol. The lowest BCUT2D eigenvalue weighted by Gasteiger charge is -2.34. The highest BCUT2D eigenvalue weighted by molar-refractivity contribution is 5.99. The SMILES string of the molecule is CN(C)C(=O)N1CCC[C@@H]1c1nc(C(=O)N2CCN(C(=O)c3ccccc3)CC2)c2ccccn12. The van der Waals surface area contributed by atoms with E-state index >= 15 is 0 Å². The van der Waals surface area contributed by atoms with Crippen LogP contribution >= 0.6 is 0 Å². The third kappa shape index (κ3) is 4.22. The molecule has 2 aromatic heterocycles. The Hall–Kier alpha value is -3.88. The number of hydrogen-bond donors (Lipinski definition) is 0. The van der Waals surface area contributed by atoms with Crippen molar-refractivity contribution in [3.63, 3.8) is 0 Å². The van der Waals surface area contributed by atoms with Crippen LogP contribution in [0.15, 0.2) is 54.7 Å². The molecular formula is C26H30N6O3. The summed E-state index contributed by atoms with van der Waals surface area (Å²) >= 11 is 0. The molecule has 9 heteroatoms. The summed E-state index contributed by atoms with van der Waals surface area (Å²) in [5.74, 6) is 0.559. The molecule has 0 radical (unpaired) electrons. The van der Waals surface area contributed by atoms with Crippen molar-refractivity contribution in [1.29, 1.82) is 0 Å². The van der Waals surface area contributed by atoms with Crippen LogP contribution in [-0.4, -0.2) is 93.6 Å². The molecule has 1 atom stereocenters. The van der Waals surface area contributed by atoms with Crippen LogP contribution < -0.4 is 0 Å². The van der Waals surface area contributed by atoms with Crippen LogP contribution in [0.1, 0.15) is 45.6 Å². The standard InChI is InChI=1S/C26H30N6O3/c1-28(2)26(35)32-14-8-12-21(32)23-27-22(20-11-6-7-13-31(20)23)25(34)30-17-15-29(16-18-30)24(33)19-9-4-3-5-10-19/h3-7,9-11,13,21H,8,12,14-18H2,1-2H3/t21-/m1/s1. The molecule has 9 nitrogen and oxygen atoms in total. The number of hydrogen-bond acceptors (Lipinski definition) is 4. The summed E-state index contributed by atoms with van der Waals surface area (Å²) in [6.45, 7) is 2.53. The van der Waals surface area contributed by atoms with Crippen LogP contribution in [0.25, 0.3) is 5.52 Å². The zero-order valence-corrected chi connectivity index (χ0v) is 20.1. The van der Waals surface area contributed by atoms with Gasteiger partial charge in [0.1, 0.15) is 5.82 Å². The molecule has 0 unspecified atom stereocenters. The van der Waals surface area contributed by atoms with Crippen LogP contribution in [0.5, 0.6) is 0 Å². The van der Waals surface area contributed by atoms with Crippen LogP contribution in [0, 0.1) is 0 Å². The maximum absolute atomic E-state index is 13.6. The smallest absolute Gasteiger partial charge is 0.320 e. The number of carbonyl (C=O) groups excluding carboxylic acids is 3. The van der Waals surface area contributed by atoms with E-state index in [0.717, 1.165) is 24.2 Å². The normalized spacial score (nSPS) is 18.2. The number of piperazine rings is 1. The Labute approximate surface area is 204 Å². The number of aromatic nitrogens is 2. The highest BCUT2D eigenvalue weighted by Crippen LogP contribution is 2.33. The fourth-order valence-corrected chi connectivity index (χ4v) is 5.00. The minimum absolute atomic E-state index is 0.0145. The Kier molecular flexibility index (Phi) is 6.15. The zero-order chi connectivity index (χ0) is 24.5. The Bertz CT molecular complexity index is 1250. The summed E-state index contributed by atoms with van der Waals surface area (Å²) in [5.41, 5.74) is 1.79. The van der Waals surface area contributed by atoms with Crippen molar-refractivity contribution in [3.05, 3.63) is 71.8 Å². The van der Waals surface area contributed by atoms with Gasteiger partial charge >= 0.3 is 6.03 Å². The molecule has 0 spiro atoms. The predicted molar refractivity (Wildman–Crippen MR) is 131 cm³/mol. The first-order chi connectivity index (χ1) is 17.0. The van der Waals surface area contributed by atoms with E-state index in [4.69, 9.17) is 4.98 Å². The van der Waals surface area contributed by atoms with E-state index in [2.05, 4.69) is 0 Å². The summed E-state index contributed by atoms with van der Waals surface area (Å²) < 4.78 is 1.94. The van der Waals surface area contributed by atoms with Gasteiger partial charge in [-0.2, -0.15) is 0 Å². The van der Waals surface area contributed by atoms with E-state index in [1.54, 1.807) is 28.8 Å². The second-order valence-corrected chi connectivity index (χ2v) is 9.25. The second kappa shape index (κ2) is 9.40. The molecule has 3 aromatic rings. The molecule has 2 saturated heterocycles. The topological polar surface area (TPSA) is 81.5 Å². The lowest BCUT2D eigenvalue weighted by Crippen LogP contribution is -2.50. The Morgan fingerprint density at radius 1 is 0.857 bits per heavy atom. The molecule has 35 heavy (non-hydrogen) atoms. The van der Waals surface area contributed by atoms with Crippen molar-refractivity contribution in [2.45, 2.75) is 18.9 Å². The molecule has 4 heterocycles. The molecule has 182 valence electrons. The third-order valence-corrected chi connectivity index (χ3v) is 6.83. The van der Waals surface area contributed by atoms with E-state index in [-0.39, 0.29) is 23.9 Å². The molecule has 2 fully saturated rings. The van der Waals surface area contributed by atoms with Gasteiger partial charge < -0.3 is 24.0 Å². The highest BCUT2D eigenvalue weighted by atomic mass is 16.2. The number of pyridine rings is 1. The maximum Gasteiger partial charge on any atom is 0.320 e. The molecule has 1 aromatic carbocycles. The second-order valence-electron chi connectivity index (χ2n) is 9.25. The van der Waals surface area contributed by atoms with Gasteiger partial charge in [0.2, 0.25) is 0 Å². The van der Waals surface area contributed by atoms with Crippen molar-refractivity contribution < 1.29 is 14.4 Å². The number of carbonyl (C=O) groups is 3.